The predicted molar refractivity (Wildman–Crippen MR) is 130 cm³/mol. The number of nitrogens with one attached hydrogen (secondary N) is 1. The second kappa shape index (κ2) is 8.61. The largest absolute Gasteiger partial charge is 0.327 e. The molecule has 33 heavy (non-hydrogen) atoms. The summed E-state index contributed by atoms with van der Waals surface area (Å²) in [5.41, 5.74) is 5.84. The van der Waals surface area contributed by atoms with Crippen molar-refractivity contribution >= 4 is 11.2 Å². The minimum Gasteiger partial charge on any atom is -0.303 e. The fraction of sp³-hybridized carbons (Fsp3) is 0.462. The first kappa shape index (κ1) is 21.6. The molecule has 0 spiro atoms. The third-order valence-corrected chi connectivity index (χ3v) is 6.98. The van der Waals surface area contributed by atoms with E-state index in [0.717, 1.165) is 36.9 Å². The monoisotopic (exact) mass is 444 g/mol. The Hall–Kier alpha value is -3.22. The Bertz CT molecular complexity index is 1340. The lowest BCUT2D eigenvalue weighted by Crippen LogP contribution is -2.26. The lowest BCUT2D eigenvalue weighted by atomic mass is 9.86. The van der Waals surface area contributed by atoms with Crippen LogP contribution in [0.25, 0.3) is 22.6 Å². The van der Waals surface area contributed by atoms with E-state index in [0.29, 0.717) is 41.4 Å². The summed E-state index contributed by atoms with van der Waals surface area (Å²) in [6.45, 7) is 9.21. The third-order valence-electron chi connectivity index (χ3n) is 6.98. The van der Waals surface area contributed by atoms with Gasteiger partial charge in [0, 0.05) is 17.8 Å². The molecule has 0 amide bonds. The van der Waals surface area contributed by atoms with E-state index in [1.54, 1.807) is 6.20 Å². The molecule has 3 heterocycles. The average molecular weight is 445 g/mol. The summed E-state index contributed by atoms with van der Waals surface area (Å²) in [5.74, 6) is 1.50. The fourth-order valence-electron chi connectivity index (χ4n) is 5.29. The molecule has 0 unspecified atom stereocenters. The lowest BCUT2D eigenvalue weighted by Gasteiger charge is -2.29. The number of fused-ring (bicyclic) bond motifs is 1. The first-order valence-electron chi connectivity index (χ1n) is 12.0. The number of imidazole rings is 1. The van der Waals surface area contributed by atoms with Gasteiger partial charge in [-0.15, -0.1) is 0 Å². The Morgan fingerprint density at radius 3 is 2.58 bits per heavy atom. The zero-order valence-corrected chi connectivity index (χ0v) is 19.9. The summed E-state index contributed by atoms with van der Waals surface area (Å²) in [6, 6.07) is 10.8. The summed E-state index contributed by atoms with van der Waals surface area (Å²) in [4.78, 5) is 25.2. The molecule has 5 rings (SSSR count). The van der Waals surface area contributed by atoms with Crippen LogP contribution in [0.15, 0.2) is 41.3 Å². The van der Waals surface area contributed by atoms with Crippen LogP contribution in [-0.2, 0) is 6.54 Å². The van der Waals surface area contributed by atoms with E-state index in [1.165, 1.54) is 11.3 Å². The van der Waals surface area contributed by atoms with E-state index in [9.17, 15) is 4.79 Å². The van der Waals surface area contributed by atoms with Crippen molar-refractivity contribution in [2.75, 3.05) is 0 Å². The van der Waals surface area contributed by atoms with Crippen LogP contribution in [0.5, 0.6) is 0 Å². The number of hydrogen-bond acceptors (Lipinski definition) is 4. The Labute approximate surface area is 193 Å². The molecule has 1 aliphatic carbocycles. The lowest BCUT2D eigenvalue weighted by molar-refractivity contribution is 0.239. The topological polar surface area (TPSA) is 81.4 Å². The summed E-state index contributed by atoms with van der Waals surface area (Å²) < 4.78 is 4.00. The number of H-pyrrole nitrogens is 1. The van der Waals surface area contributed by atoms with Gasteiger partial charge in [-0.25, -0.2) is 14.8 Å². The molecule has 0 bridgehead atoms. The Kier molecular flexibility index (Phi) is 5.64. The average Bonchev–Trinajstić information content (AvgIpc) is 3.31. The Balaban J connectivity index is 1.39. The molecule has 1 saturated carbocycles. The molecule has 1 N–H and O–H groups in total. The van der Waals surface area contributed by atoms with Crippen molar-refractivity contribution in [1.82, 2.24) is 29.3 Å². The van der Waals surface area contributed by atoms with Crippen molar-refractivity contribution in [3.05, 3.63) is 64.0 Å². The van der Waals surface area contributed by atoms with E-state index < -0.39 is 0 Å². The minimum absolute atomic E-state index is 0.103. The van der Waals surface area contributed by atoms with Gasteiger partial charge < -0.3 is 4.98 Å². The van der Waals surface area contributed by atoms with Crippen LogP contribution in [0.3, 0.4) is 0 Å². The molecule has 172 valence electrons. The number of nitrogens with zero attached hydrogens (tertiary/aromatic N) is 5. The van der Waals surface area contributed by atoms with Crippen molar-refractivity contribution in [2.45, 2.75) is 71.9 Å². The van der Waals surface area contributed by atoms with E-state index in [2.05, 4.69) is 58.7 Å². The van der Waals surface area contributed by atoms with Gasteiger partial charge in [0.05, 0.1) is 17.9 Å². The van der Waals surface area contributed by atoms with Crippen LogP contribution >= 0.6 is 0 Å². The quantitative estimate of drug-likeness (QED) is 0.461. The fourth-order valence-corrected chi connectivity index (χ4v) is 5.29. The molecule has 1 aliphatic rings. The highest BCUT2D eigenvalue weighted by molar-refractivity contribution is 5.73. The molecule has 0 saturated heterocycles. The first-order chi connectivity index (χ1) is 15.9. The van der Waals surface area contributed by atoms with E-state index in [4.69, 9.17) is 4.98 Å². The second-order valence-electron chi connectivity index (χ2n) is 9.76. The van der Waals surface area contributed by atoms with Crippen LogP contribution in [-0.4, -0.2) is 29.3 Å². The minimum atomic E-state index is -0.103. The Morgan fingerprint density at radius 1 is 1.12 bits per heavy atom. The predicted octanol–water partition coefficient (Wildman–Crippen LogP) is 5.15. The highest BCUT2D eigenvalue weighted by atomic mass is 16.1. The molecule has 7 heteroatoms. The maximum absolute atomic E-state index is 12.8. The van der Waals surface area contributed by atoms with Gasteiger partial charge in [-0.1, -0.05) is 38.1 Å². The van der Waals surface area contributed by atoms with Crippen molar-refractivity contribution in [3.8, 4) is 11.4 Å². The molecule has 3 aromatic heterocycles. The van der Waals surface area contributed by atoms with Crippen molar-refractivity contribution in [2.24, 2.45) is 5.92 Å². The molecular weight excluding hydrogens is 412 g/mol. The number of aryl methyl sites for hydroxylation is 2. The van der Waals surface area contributed by atoms with Gasteiger partial charge in [0.25, 0.3) is 0 Å². The standard InChI is InChI=1S/C26H32N6O/c1-16(2)21-7-5-6-8-22(21)24-27-14-23-25(29-24)31(26(33)28-23)15-19-9-11-20(12-10-19)32-18(4)13-17(3)30-32/h5-8,13-14,16,19-20H,9-12,15H2,1-4H3,(H,28,33). The van der Waals surface area contributed by atoms with Gasteiger partial charge >= 0.3 is 5.69 Å². The van der Waals surface area contributed by atoms with Crippen LogP contribution in [0.1, 0.15) is 68.4 Å². The SMILES string of the molecule is Cc1cc(C)n(C2CCC(Cn3c(=O)[nH]c4cnc(-c5ccccc5C(C)C)nc43)CC2)n1. The van der Waals surface area contributed by atoms with Gasteiger partial charge in [0.2, 0.25) is 0 Å². The van der Waals surface area contributed by atoms with Crippen molar-refractivity contribution < 1.29 is 0 Å². The normalized spacial score (nSPS) is 18.9. The smallest absolute Gasteiger partial charge is 0.303 e. The van der Waals surface area contributed by atoms with Crippen LogP contribution < -0.4 is 5.69 Å². The summed E-state index contributed by atoms with van der Waals surface area (Å²) in [6.07, 6.45) is 6.08. The van der Waals surface area contributed by atoms with Crippen LogP contribution in [0.4, 0.5) is 0 Å². The summed E-state index contributed by atoms with van der Waals surface area (Å²) in [5, 5.41) is 4.69. The third kappa shape index (κ3) is 4.12. The van der Waals surface area contributed by atoms with Gasteiger partial charge in [-0.2, -0.15) is 5.10 Å². The van der Waals surface area contributed by atoms with Crippen LogP contribution in [0, 0.1) is 19.8 Å². The number of rotatable bonds is 5. The first-order valence-corrected chi connectivity index (χ1v) is 12.0. The summed E-state index contributed by atoms with van der Waals surface area (Å²) in [7, 11) is 0. The van der Waals surface area contributed by atoms with Gasteiger partial charge in [0.1, 0.15) is 5.52 Å². The zero-order valence-electron chi connectivity index (χ0n) is 19.9. The molecule has 0 atom stereocenters. The molecule has 1 aromatic carbocycles. The zero-order chi connectivity index (χ0) is 23.1. The molecular formula is C26H32N6O. The molecule has 7 nitrogen and oxygen atoms in total. The van der Waals surface area contributed by atoms with E-state index in [1.807, 2.05) is 23.6 Å². The van der Waals surface area contributed by atoms with E-state index >= 15 is 0 Å². The molecule has 0 aliphatic heterocycles. The number of hydrogen-bond donors (Lipinski definition) is 1. The van der Waals surface area contributed by atoms with Crippen molar-refractivity contribution in [1.29, 1.82) is 0 Å². The summed E-state index contributed by atoms with van der Waals surface area (Å²) >= 11 is 0. The van der Waals surface area contributed by atoms with Gasteiger partial charge in [-0.3, -0.25) is 9.25 Å². The van der Waals surface area contributed by atoms with Gasteiger partial charge in [-0.05, 0) is 63.0 Å². The number of benzene rings is 1. The Morgan fingerprint density at radius 2 is 1.88 bits per heavy atom. The highest BCUT2D eigenvalue weighted by Gasteiger charge is 2.25. The van der Waals surface area contributed by atoms with Gasteiger partial charge in [0.15, 0.2) is 11.5 Å². The molecule has 1 fully saturated rings. The number of aromatic nitrogens is 6. The van der Waals surface area contributed by atoms with Crippen LogP contribution in [0.2, 0.25) is 0 Å². The maximum Gasteiger partial charge on any atom is 0.327 e. The molecule has 0 radical (unpaired) electrons. The molecule has 4 aromatic rings. The van der Waals surface area contributed by atoms with Crippen molar-refractivity contribution in [3.63, 3.8) is 0 Å². The van der Waals surface area contributed by atoms with E-state index in [-0.39, 0.29) is 5.69 Å². The maximum atomic E-state index is 12.8. The second-order valence-corrected chi connectivity index (χ2v) is 9.76. The number of aromatic amines is 1. The highest BCUT2D eigenvalue weighted by Crippen LogP contribution is 2.34.